The molecule has 0 aromatic heterocycles. The van der Waals surface area contributed by atoms with Crippen LogP contribution in [0, 0.1) is 16.3 Å². The molecule has 3 rings (SSSR count). The minimum absolute atomic E-state index is 0.153. The van der Waals surface area contributed by atoms with Crippen LogP contribution in [0.4, 0.5) is 10.1 Å². The number of halogens is 2. The number of benzene rings is 3. The fraction of sp³-hybridized carbons (Fsp3) is 0.182. The van der Waals surface area contributed by atoms with E-state index in [4.69, 9.17) is 9.47 Å². The van der Waals surface area contributed by atoms with E-state index in [1.165, 1.54) is 11.6 Å². The normalized spacial score (nSPS) is 10.5. The molecule has 0 bridgehead atoms. The van der Waals surface area contributed by atoms with Gasteiger partial charge in [0.15, 0.2) is 11.5 Å². The highest BCUT2D eigenvalue weighted by Gasteiger charge is 2.13. The Morgan fingerprint density at radius 3 is 2.59 bits per heavy atom. The largest absolute Gasteiger partial charge is 0.493 e. The van der Waals surface area contributed by atoms with Gasteiger partial charge in [-0.2, -0.15) is 0 Å². The highest BCUT2D eigenvalue weighted by atomic mass is 127. The van der Waals surface area contributed by atoms with Crippen molar-refractivity contribution in [3.8, 4) is 11.5 Å². The molecular weight excluding hydrogens is 456 g/mol. The number of aryl methyl sites for hydroxylation is 1. The van der Waals surface area contributed by atoms with Gasteiger partial charge in [0.05, 0.1) is 10.7 Å². The van der Waals surface area contributed by atoms with Crippen LogP contribution in [0.15, 0.2) is 60.7 Å². The predicted octanol–water partition coefficient (Wildman–Crippen LogP) is 5.94. The van der Waals surface area contributed by atoms with Gasteiger partial charge in [-0.25, -0.2) is 4.39 Å². The molecule has 0 heterocycles. The summed E-state index contributed by atoms with van der Waals surface area (Å²) in [7, 11) is 1.61. The molecule has 27 heavy (non-hydrogen) atoms. The zero-order valence-corrected chi connectivity index (χ0v) is 17.4. The minimum atomic E-state index is -0.273. The van der Waals surface area contributed by atoms with E-state index < -0.39 is 0 Å². The van der Waals surface area contributed by atoms with E-state index in [2.05, 4.69) is 47.0 Å². The molecule has 140 valence electrons. The number of nitrogens with one attached hydrogen (secondary N) is 1. The van der Waals surface area contributed by atoms with Gasteiger partial charge in [0.1, 0.15) is 12.4 Å². The number of methoxy groups -OCH3 is 1. The Labute approximate surface area is 172 Å². The van der Waals surface area contributed by atoms with E-state index in [0.717, 1.165) is 14.8 Å². The predicted molar refractivity (Wildman–Crippen MR) is 115 cm³/mol. The smallest absolute Gasteiger partial charge is 0.174 e. The number of hydrogen-bond donors (Lipinski definition) is 1. The summed E-state index contributed by atoms with van der Waals surface area (Å²) in [5.41, 5.74) is 3.88. The van der Waals surface area contributed by atoms with Gasteiger partial charge in [-0.1, -0.05) is 30.3 Å². The monoisotopic (exact) mass is 477 g/mol. The molecule has 0 spiro atoms. The topological polar surface area (TPSA) is 30.5 Å². The van der Waals surface area contributed by atoms with E-state index >= 15 is 0 Å². The molecule has 0 saturated heterocycles. The van der Waals surface area contributed by atoms with Crippen molar-refractivity contribution >= 4 is 28.3 Å². The summed E-state index contributed by atoms with van der Waals surface area (Å²) in [5.74, 6) is 0.991. The van der Waals surface area contributed by atoms with E-state index in [1.807, 2.05) is 24.3 Å². The van der Waals surface area contributed by atoms with Crippen molar-refractivity contribution in [1.29, 1.82) is 0 Å². The first-order chi connectivity index (χ1) is 13.1. The molecular formula is C22H21FINO2. The second-order valence-electron chi connectivity index (χ2n) is 6.21. The zero-order valence-electron chi connectivity index (χ0n) is 15.3. The molecule has 1 N–H and O–H groups in total. The molecule has 0 radical (unpaired) electrons. The Morgan fingerprint density at radius 1 is 1.04 bits per heavy atom. The van der Waals surface area contributed by atoms with Gasteiger partial charge >= 0.3 is 0 Å². The van der Waals surface area contributed by atoms with Crippen molar-refractivity contribution < 1.29 is 13.9 Å². The molecule has 0 aliphatic heterocycles. The third-order valence-electron chi connectivity index (χ3n) is 4.13. The molecule has 0 unspecified atom stereocenters. The summed E-state index contributed by atoms with van der Waals surface area (Å²) < 4.78 is 26.1. The maximum Gasteiger partial charge on any atom is 0.174 e. The summed E-state index contributed by atoms with van der Waals surface area (Å²) >= 11 is 2.22. The van der Waals surface area contributed by atoms with Gasteiger partial charge in [-0.3, -0.25) is 0 Å². The number of ether oxygens (including phenoxy) is 2. The Kier molecular flexibility index (Phi) is 6.55. The molecule has 0 atom stereocenters. The van der Waals surface area contributed by atoms with E-state index in [9.17, 15) is 4.39 Å². The van der Waals surface area contributed by atoms with Gasteiger partial charge in [-0.15, -0.1) is 0 Å². The zero-order chi connectivity index (χ0) is 19.2. The molecule has 0 aliphatic rings. The van der Waals surface area contributed by atoms with Crippen LogP contribution in [0.2, 0.25) is 0 Å². The third-order valence-corrected chi connectivity index (χ3v) is 4.94. The molecule has 3 aromatic rings. The fourth-order valence-electron chi connectivity index (χ4n) is 2.74. The summed E-state index contributed by atoms with van der Waals surface area (Å²) in [4.78, 5) is 0. The third kappa shape index (κ3) is 5.13. The fourth-order valence-corrected chi connectivity index (χ4v) is 3.56. The standard InChI is InChI=1S/C22H21FINO2/c1-15-6-5-8-18(10-15)25-13-16-11-20(24)22(21(12-16)26-2)27-14-17-7-3-4-9-19(17)23/h3-12,25H,13-14H2,1-2H3. The van der Waals surface area contributed by atoms with Crippen LogP contribution in [0.25, 0.3) is 0 Å². The van der Waals surface area contributed by atoms with E-state index in [1.54, 1.807) is 25.3 Å². The lowest BCUT2D eigenvalue weighted by Crippen LogP contribution is -2.04. The van der Waals surface area contributed by atoms with Crippen molar-refractivity contribution in [3.05, 3.63) is 86.7 Å². The first-order valence-corrected chi connectivity index (χ1v) is 9.68. The molecule has 3 aromatic carbocycles. The van der Waals surface area contributed by atoms with Crippen molar-refractivity contribution in [2.75, 3.05) is 12.4 Å². The van der Waals surface area contributed by atoms with Crippen molar-refractivity contribution in [3.63, 3.8) is 0 Å². The number of hydrogen-bond acceptors (Lipinski definition) is 3. The Bertz CT molecular complexity index is 930. The summed E-state index contributed by atoms with van der Waals surface area (Å²) in [5, 5.41) is 3.42. The van der Waals surface area contributed by atoms with E-state index in [0.29, 0.717) is 23.6 Å². The van der Waals surface area contributed by atoms with Crippen molar-refractivity contribution in [1.82, 2.24) is 0 Å². The highest BCUT2D eigenvalue weighted by molar-refractivity contribution is 14.1. The maximum absolute atomic E-state index is 13.8. The number of rotatable bonds is 7. The molecule has 0 fully saturated rings. The van der Waals surface area contributed by atoms with Crippen LogP contribution < -0.4 is 14.8 Å². The Morgan fingerprint density at radius 2 is 1.85 bits per heavy atom. The van der Waals surface area contributed by atoms with Crippen LogP contribution in [-0.4, -0.2) is 7.11 Å². The Hall–Kier alpha value is -2.28. The maximum atomic E-state index is 13.8. The SMILES string of the molecule is COc1cc(CNc2cccc(C)c2)cc(I)c1OCc1ccccc1F. The molecule has 0 amide bonds. The second-order valence-corrected chi connectivity index (χ2v) is 7.37. The van der Waals surface area contributed by atoms with Crippen LogP contribution in [-0.2, 0) is 13.2 Å². The van der Waals surface area contributed by atoms with E-state index in [-0.39, 0.29) is 12.4 Å². The molecule has 0 saturated carbocycles. The van der Waals surface area contributed by atoms with Crippen LogP contribution >= 0.6 is 22.6 Å². The molecule has 5 heteroatoms. The lowest BCUT2D eigenvalue weighted by molar-refractivity contribution is 0.277. The molecule has 3 nitrogen and oxygen atoms in total. The average molecular weight is 477 g/mol. The average Bonchev–Trinajstić information content (AvgIpc) is 2.66. The first-order valence-electron chi connectivity index (χ1n) is 8.60. The van der Waals surface area contributed by atoms with Crippen LogP contribution in [0.3, 0.4) is 0 Å². The summed E-state index contributed by atoms with van der Waals surface area (Å²) in [6.07, 6.45) is 0. The minimum Gasteiger partial charge on any atom is -0.493 e. The summed E-state index contributed by atoms with van der Waals surface area (Å²) in [6.45, 7) is 2.89. The quantitative estimate of drug-likeness (QED) is 0.428. The lowest BCUT2D eigenvalue weighted by Gasteiger charge is -2.15. The first kappa shape index (κ1) is 19.5. The molecule has 0 aliphatic carbocycles. The van der Waals surface area contributed by atoms with Gasteiger partial charge < -0.3 is 14.8 Å². The lowest BCUT2D eigenvalue weighted by atomic mass is 10.1. The van der Waals surface area contributed by atoms with Gasteiger partial charge in [0.2, 0.25) is 0 Å². The summed E-state index contributed by atoms with van der Waals surface area (Å²) in [6, 6.07) is 18.8. The van der Waals surface area contributed by atoms with Gasteiger partial charge in [0.25, 0.3) is 0 Å². The highest BCUT2D eigenvalue weighted by Crippen LogP contribution is 2.35. The van der Waals surface area contributed by atoms with Crippen LogP contribution in [0.5, 0.6) is 11.5 Å². The Balaban J connectivity index is 1.73. The van der Waals surface area contributed by atoms with Crippen molar-refractivity contribution in [2.45, 2.75) is 20.1 Å². The second kappa shape index (κ2) is 9.08. The number of anilines is 1. The van der Waals surface area contributed by atoms with Gasteiger partial charge in [0, 0.05) is 17.8 Å². The van der Waals surface area contributed by atoms with Crippen LogP contribution in [0.1, 0.15) is 16.7 Å². The van der Waals surface area contributed by atoms with Gasteiger partial charge in [-0.05, 0) is 71.0 Å². The van der Waals surface area contributed by atoms with Crippen molar-refractivity contribution in [2.24, 2.45) is 0 Å².